The van der Waals surface area contributed by atoms with Crippen LogP contribution in [-0.2, 0) is 5.41 Å². The number of anilines is 3. The lowest BCUT2D eigenvalue weighted by Crippen LogP contribution is -2.30. The Balaban J connectivity index is 1.04. The fourth-order valence-corrected chi connectivity index (χ4v) is 8.84. The molecule has 0 bridgehead atoms. The molecule has 11 rings (SSSR count). The highest BCUT2D eigenvalue weighted by molar-refractivity contribution is 6.10. The van der Waals surface area contributed by atoms with Gasteiger partial charge in [0.25, 0.3) is 0 Å². The van der Waals surface area contributed by atoms with Crippen LogP contribution in [0.1, 0.15) is 25.0 Å². The standard InChI is InChI=1S/C52H37N5/c1-52(2)43-22-9-12-25-47(43)56(48-26-13-10-23-44(48)52)38-30-27-34(28-31-38)37-29-32-46-42(33-37)40-20-8-11-24-45(40)57(46)51-54-49(36-16-4-3-5-17-36)53-50(55-51)41-21-14-18-35-15-6-7-19-39(35)41/h3-33H,1-2H3. The van der Waals surface area contributed by atoms with Gasteiger partial charge in [0.2, 0.25) is 5.95 Å². The third kappa shape index (κ3) is 5.27. The maximum Gasteiger partial charge on any atom is 0.238 e. The average molecular weight is 732 g/mol. The molecule has 8 aromatic carbocycles. The second-order valence-corrected chi connectivity index (χ2v) is 15.3. The van der Waals surface area contributed by atoms with Gasteiger partial charge in [0.1, 0.15) is 0 Å². The summed E-state index contributed by atoms with van der Waals surface area (Å²) in [5.74, 6) is 1.86. The Hall–Kier alpha value is -7.37. The van der Waals surface area contributed by atoms with Gasteiger partial charge in [0.15, 0.2) is 11.6 Å². The summed E-state index contributed by atoms with van der Waals surface area (Å²) in [6.45, 7) is 4.65. The Morgan fingerprint density at radius 3 is 1.79 bits per heavy atom. The van der Waals surface area contributed by atoms with Crippen molar-refractivity contribution in [1.82, 2.24) is 19.5 Å². The maximum absolute atomic E-state index is 5.23. The van der Waals surface area contributed by atoms with Crippen LogP contribution in [0.4, 0.5) is 17.1 Å². The first kappa shape index (κ1) is 33.0. The molecule has 5 heteroatoms. The molecule has 0 saturated heterocycles. The van der Waals surface area contributed by atoms with Crippen molar-refractivity contribution < 1.29 is 0 Å². The third-order valence-electron chi connectivity index (χ3n) is 11.7. The molecular weight excluding hydrogens is 695 g/mol. The van der Waals surface area contributed by atoms with Crippen molar-refractivity contribution in [3.05, 3.63) is 199 Å². The summed E-state index contributed by atoms with van der Waals surface area (Å²) in [4.78, 5) is 17.9. The van der Waals surface area contributed by atoms with Crippen molar-refractivity contribution in [2.75, 3.05) is 4.90 Å². The molecule has 3 heterocycles. The molecule has 0 spiro atoms. The summed E-state index contributed by atoms with van der Waals surface area (Å²) >= 11 is 0. The largest absolute Gasteiger partial charge is 0.310 e. The Kier molecular flexibility index (Phi) is 7.45. The number of fused-ring (bicyclic) bond motifs is 6. The molecule has 0 unspecified atom stereocenters. The summed E-state index contributed by atoms with van der Waals surface area (Å²) in [5, 5.41) is 4.53. The second kappa shape index (κ2) is 12.9. The number of hydrogen-bond donors (Lipinski definition) is 0. The summed E-state index contributed by atoms with van der Waals surface area (Å²) in [6.07, 6.45) is 0. The number of hydrogen-bond acceptors (Lipinski definition) is 4. The Morgan fingerprint density at radius 1 is 0.421 bits per heavy atom. The van der Waals surface area contributed by atoms with E-state index in [1.54, 1.807) is 0 Å². The van der Waals surface area contributed by atoms with Crippen molar-refractivity contribution in [3.63, 3.8) is 0 Å². The zero-order valence-electron chi connectivity index (χ0n) is 31.6. The van der Waals surface area contributed by atoms with Gasteiger partial charge in [-0.2, -0.15) is 9.97 Å². The van der Waals surface area contributed by atoms with Gasteiger partial charge in [-0.3, -0.25) is 4.57 Å². The number of benzene rings is 8. The van der Waals surface area contributed by atoms with Crippen LogP contribution in [0.25, 0.3) is 72.4 Å². The highest BCUT2D eigenvalue weighted by atomic mass is 15.2. The molecule has 0 atom stereocenters. The minimum absolute atomic E-state index is 0.0971. The maximum atomic E-state index is 5.23. The SMILES string of the molecule is CC1(C)c2ccccc2N(c2ccc(-c3ccc4c(c3)c3ccccc3n4-c3nc(-c4ccccc4)nc(-c4cccc5ccccc45)n3)cc2)c2ccccc21. The lowest BCUT2D eigenvalue weighted by molar-refractivity contribution is 0.632. The first-order chi connectivity index (χ1) is 28.0. The molecule has 5 nitrogen and oxygen atoms in total. The van der Waals surface area contributed by atoms with Crippen molar-refractivity contribution in [3.8, 4) is 39.9 Å². The van der Waals surface area contributed by atoms with Crippen molar-refractivity contribution in [2.24, 2.45) is 0 Å². The first-order valence-corrected chi connectivity index (χ1v) is 19.5. The molecule has 1 aliphatic heterocycles. The number of nitrogens with zero attached hydrogens (tertiary/aromatic N) is 5. The Bertz CT molecular complexity index is 3110. The molecule has 270 valence electrons. The Labute approximate surface area is 331 Å². The second-order valence-electron chi connectivity index (χ2n) is 15.3. The van der Waals surface area contributed by atoms with Crippen LogP contribution in [0, 0.1) is 0 Å². The molecule has 0 saturated carbocycles. The zero-order valence-corrected chi connectivity index (χ0v) is 31.6. The fourth-order valence-electron chi connectivity index (χ4n) is 8.84. The normalized spacial score (nSPS) is 13.2. The highest BCUT2D eigenvalue weighted by Crippen LogP contribution is 2.51. The van der Waals surface area contributed by atoms with Crippen LogP contribution in [0.3, 0.4) is 0 Å². The van der Waals surface area contributed by atoms with E-state index in [2.05, 4.69) is 193 Å². The minimum atomic E-state index is -0.0971. The molecule has 0 aliphatic carbocycles. The van der Waals surface area contributed by atoms with Gasteiger partial charge in [0.05, 0.1) is 22.4 Å². The van der Waals surface area contributed by atoms with Crippen LogP contribution in [0.5, 0.6) is 0 Å². The molecule has 0 N–H and O–H groups in total. The van der Waals surface area contributed by atoms with E-state index in [1.807, 2.05) is 18.2 Å². The quantitative estimate of drug-likeness (QED) is 0.177. The van der Waals surface area contributed by atoms with Crippen molar-refractivity contribution in [1.29, 1.82) is 0 Å². The van der Waals surface area contributed by atoms with Crippen molar-refractivity contribution >= 4 is 49.6 Å². The number of aromatic nitrogens is 4. The van der Waals surface area contributed by atoms with Crippen LogP contribution < -0.4 is 4.90 Å². The van der Waals surface area contributed by atoms with E-state index in [0.29, 0.717) is 17.6 Å². The smallest absolute Gasteiger partial charge is 0.238 e. The molecule has 57 heavy (non-hydrogen) atoms. The predicted molar refractivity (Wildman–Crippen MR) is 235 cm³/mol. The van der Waals surface area contributed by atoms with Crippen LogP contribution in [0.2, 0.25) is 0 Å². The monoisotopic (exact) mass is 731 g/mol. The average Bonchev–Trinajstić information content (AvgIpc) is 3.60. The Morgan fingerprint density at radius 2 is 1.02 bits per heavy atom. The lowest BCUT2D eigenvalue weighted by Gasteiger charge is -2.42. The van der Waals surface area contributed by atoms with E-state index in [0.717, 1.165) is 60.5 Å². The van der Waals surface area contributed by atoms with Gasteiger partial charge < -0.3 is 4.90 Å². The summed E-state index contributed by atoms with van der Waals surface area (Å²) in [6, 6.07) is 66.7. The van der Waals surface area contributed by atoms with Gasteiger partial charge >= 0.3 is 0 Å². The van der Waals surface area contributed by atoms with E-state index in [-0.39, 0.29) is 5.41 Å². The van der Waals surface area contributed by atoms with E-state index in [9.17, 15) is 0 Å². The summed E-state index contributed by atoms with van der Waals surface area (Å²) < 4.78 is 2.19. The predicted octanol–water partition coefficient (Wildman–Crippen LogP) is 13.2. The van der Waals surface area contributed by atoms with Gasteiger partial charge in [-0.1, -0.05) is 159 Å². The van der Waals surface area contributed by atoms with Gasteiger partial charge in [-0.15, -0.1) is 0 Å². The van der Waals surface area contributed by atoms with Crippen LogP contribution in [-0.4, -0.2) is 19.5 Å². The third-order valence-corrected chi connectivity index (χ3v) is 11.7. The van der Waals surface area contributed by atoms with E-state index < -0.39 is 0 Å². The molecular formula is C52H37N5. The fraction of sp³-hybridized carbons (Fsp3) is 0.0577. The first-order valence-electron chi connectivity index (χ1n) is 19.5. The topological polar surface area (TPSA) is 46.8 Å². The van der Waals surface area contributed by atoms with Crippen LogP contribution in [0.15, 0.2) is 188 Å². The van der Waals surface area contributed by atoms with Crippen molar-refractivity contribution in [2.45, 2.75) is 19.3 Å². The molecule has 0 amide bonds. The van der Waals surface area contributed by atoms with Crippen LogP contribution >= 0.6 is 0 Å². The zero-order chi connectivity index (χ0) is 38.1. The molecule has 10 aromatic rings. The molecule has 1 aliphatic rings. The minimum Gasteiger partial charge on any atom is -0.310 e. The van der Waals surface area contributed by atoms with Gasteiger partial charge in [-0.05, 0) is 75.5 Å². The molecule has 2 aromatic heterocycles. The summed E-state index contributed by atoms with van der Waals surface area (Å²) in [5.41, 5.74) is 12.4. The lowest BCUT2D eigenvalue weighted by atomic mass is 9.73. The number of para-hydroxylation sites is 3. The van der Waals surface area contributed by atoms with E-state index in [1.165, 1.54) is 22.5 Å². The summed E-state index contributed by atoms with van der Waals surface area (Å²) in [7, 11) is 0. The van der Waals surface area contributed by atoms with E-state index in [4.69, 9.17) is 15.0 Å². The molecule has 0 fully saturated rings. The highest BCUT2D eigenvalue weighted by Gasteiger charge is 2.36. The van der Waals surface area contributed by atoms with Gasteiger partial charge in [-0.25, -0.2) is 4.98 Å². The van der Waals surface area contributed by atoms with E-state index >= 15 is 0 Å². The number of rotatable bonds is 5. The molecule has 0 radical (unpaired) electrons. The van der Waals surface area contributed by atoms with Gasteiger partial charge in [0, 0.05) is 33.0 Å².